The van der Waals surface area contributed by atoms with Crippen molar-refractivity contribution in [1.29, 1.82) is 0 Å². The standard InChI is InChI=1S/C27H32N4O3S/c1-20-7-10-23(11-8-20)29-35(33,34)25-12-9-21(2)26(18-25)27(32)28-24-6-4-5-22(17-24)19-31-15-13-30(3)14-16-31/h4-12,17-18,29H,13-16,19H2,1-3H3,(H,28,32). The van der Waals surface area contributed by atoms with Crippen LogP contribution in [0.15, 0.2) is 71.6 Å². The third-order valence-electron chi connectivity index (χ3n) is 6.25. The molecule has 1 aliphatic rings. The molecule has 0 unspecified atom stereocenters. The number of carbonyl (C=O) groups excluding carboxylic acids is 1. The molecule has 0 radical (unpaired) electrons. The van der Waals surface area contributed by atoms with Crippen LogP contribution < -0.4 is 10.0 Å². The van der Waals surface area contributed by atoms with Gasteiger partial charge in [0.1, 0.15) is 0 Å². The van der Waals surface area contributed by atoms with Crippen molar-refractivity contribution >= 4 is 27.3 Å². The molecule has 0 bridgehead atoms. The summed E-state index contributed by atoms with van der Waals surface area (Å²) in [4.78, 5) is 17.9. The van der Waals surface area contributed by atoms with E-state index in [4.69, 9.17) is 0 Å². The van der Waals surface area contributed by atoms with E-state index in [0.29, 0.717) is 22.5 Å². The van der Waals surface area contributed by atoms with Gasteiger partial charge in [0, 0.05) is 49.7 Å². The zero-order valence-corrected chi connectivity index (χ0v) is 21.2. The summed E-state index contributed by atoms with van der Waals surface area (Å²) < 4.78 is 28.4. The molecule has 2 N–H and O–H groups in total. The SMILES string of the molecule is Cc1ccc(NS(=O)(=O)c2ccc(C)c(C(=O)Nc3cccc(CN4CCN(C)CC4)c3)c2)cc1. The summed E-state index contributed by atoms with van der Waals surface area (Å²) in [6, 6.07) is 19.5. The van der Waals surface area contributed by atoms with Crippen molar-refractivity contribution < 1.29 is 13.2 Å². The number of nitrogens with one attached hydrogen (secondary N) is 2. The first-order valence-electron chi connectivity index (χ1n) is 11.7. The molecule has 7 nitrogen and oxygen atoms in total. The molecule has 35 heavy (non-hydrogen) atoms. The van der Waals surface area contributed by atoms with Crippen molar-refractivity contribution in [3.05, 3.63) is 89.0 Å². The van der Waals surface area contributed by atoms with E-state index >= 15 is 0 Å². The molecular formula is C27H32N4O3S. The molecule has 0 atom stereocenters. The van der Waals surface area contributed by atoms with Gasteiger partial charge < -0.3 is 10.2 Å². The predicted molar refractivity (Wildman–Crippen MR) is 140 cm³/mol. The van der Waals surface area contributed by atoms with Crippen LogP contribution in [-0.2, 0) is 16.6 Å². The molecule has 4 rings (SSSR count). The van der Waals surface area contributed by atoms with E-state index in [1.807, 2.05) is 37.3 Å². The fourth-order valence-corrected chi connectivity index (χ4v) is 5.14. The lowest BCUT2D eigenvalue weighted by molar-refractivity contribution is 0.102. The van der Waals surface area contributed by atoms with Gasteiger partial charge >= 0.3 is 0 Å². The zero-order valence-electron chi connectivity index (χ0n) is 20.4. The molecule has 0 saturated carbocycles. The van der Waals surface area contributed by atoms with Crippen LogP contribution in [-0.4, -0.2) is 57.4 Å². The maximum absolute atomic E-state index is 13.1. The highest BCUT2D eigenvalue weighted by molar-refractivity contribution is 7.92. The number of aryl methyl sites for hydroxylation is 2. The van der Waals surface area contributed by atoms with Gasteiger partial charge in [-0.3, -0.25) is 14.4 Å². The molecule has 0 aromatic heterocycles. The van der Waals surface area contributed by atoms with Crippen molar-refractivity contribution in [3.8, 4) is 0 Å². The number of carbonyl (C=O) groups is 1. The van der Waals surface area contributed by atoms with E-state index in [1.165, 1.54) is 12.1 Å². The molecule has 8 heteroatoms. The Hall–Kier alpha value is -3.20. The third kappa shape index (κ3) is 6.48. The summed E-state index contributed by atoms with van der Waals surface area (Å²) in [5, 5.41) is 2.94. The van der Waals surface area contributed by atoms with Gasteiger partial charge in [0.2, 0.25) is 0 Å². The Kier molecular flexibility index (Phi) is 7.54. The summed E-state index contributed by atoms with van der Waals surface area (Å²) in [6.07, 6.45) is 0. The van der Waals surface area contributed by atoms with E-state index < -0.39 is 10.0 Å². The minimum atomic E-state index is -3.84. The number of amides is 1. The van der Waals surface area contributed by atoms with Crippen LogP contribution in [0, 0.1) is 13.8 Å². The van der Waals surface area contributed by atoms with Crippen molar-refractivity contribution in [2.45, 2.75) is 25.3 Å². The maximum Gasteiger partial charge on any atom is 0.261 e. The largest absolute Gasteiger partial charge is 0.322 e. The average molecular weight is 493 g/mol. The van der Waals surface area contributed by atoms with E-state index in [-0.39, 0.29) is 10.8 Å². The normalized spacial score (nSPS) is 15.1. The fourth-order valence-electron chi connectivity index (χ4n) is 4.06. The summed E-state index contributed by atoms with van der Waals surface area (Å²) in [5.41, 5.74) is 4.34. The molecule has 3 aromatic carbocycles. The lowest BCUT2D eigenvalue weighted by Crippen LogP contribution is -2.43. The van der Waals surface area contributed by atoms with Crippen molar-refractivity contribution in [3.63, 3.8) is 0 Å². The molecule has 1 saturated heterocycles. The topological polar surface area (TPSA) is 81.7 Å². The van der Waals surface area contributed by atoms with Gasteiger partial charge in [0.15, 0.2) is 0 Å². The zero-order chi connectivity index (χ0) is 25.0. The second-order valence-corrected chi connectivity index (χ2v) is 10.9. The van der Waals surface area contributed by atoms with Crippen molar-refractivity contribution in [1.82, 2.24) is 9.80 Å². The van der Waals surface area contributed by atoms with Gasteiger partial charge in [0.05, 0.1) is 4.90 Å². The second-order valence-electron chi connectivity index (χ2n) is 9.18. The molecule has 1 heterocycles. The summed E-state index contributed by atoms with van der Waals surface area (Å²) in [5.74, 6) is -0.341. The van der Waals surface area contributed by atoms with Gasteiger partial charge in [-0.25, -0.2) is 8.42 Å². The summed E-state index contributed by atoms with van der Waals surface area (Å²) in [6.45, 7) is 8.69. The number of hydrogen-bond donors (Lipinski definition) is 2. The Bertz CT molecular complexity index is 1300. The molecular weight excluding hydrogens is 460 g/mol. The van der Waals surface area contributed by atoms with Crippen LogP contribution in [0.2, 0.25) is 0 Å². The molecule has 3 aromatic rings. The molecule has 1 aliphatic heterocycles. The number of rotatable bonds is 7. The number of anilines is 2. The molecule has 1 fully saturated rings. The molecule has 0 aliphatic carbocycles. The van der Waals surface area contributed by atoms with Crippen molar-refractivity contribution in [2.75, 3.05) is 43.3 Å². The number of nitrogens with zero attached hydrogens (tertiary/aromatic N) is 2. The van der Waals surface area contributed by atoms with Crippen LogP contribution in [0.1, 0.15) is 27.0 Å². The Morgan fingerprint density at radius 2 is 1.60 bits per heavy atom. The highest BCUT2D eigenvalue weighted by Crippen LogP contribution is 2.21. The van der Waals surface area contributed by atoms with Gasteiger partial charge in [0.25, 0.3) is 15.9 Å². The number of piperazine rings is 1. The number of likely N-dealkylation sites (N-methyl/N-ethyl adjacent to an activating group) is 1. The van der Waals surface area contributed by atoms with Gasteiger partial charge in [-0.05, 0) is 68.4 Å². The molecule has 184 valence electrons. The number of benzene rings is 3. The Balaban J connectivity index is 1.48. The molecule has 0 spiro atoms. The number of hydrogen-bond acceptors (Lipinski definition) is 5. The quantitative estimate of drug-likeness (QED) is 0.519. The lowest BCUT2D eigenvalue weighted by atomic mass is 10.1. The molecule has 1 amide bonds. The first-order chi connectivity index (χ1) is 16.7. The smallest absolute Gasteiger partial charge is 0.261 e. The van der Waals surface area contributed by atoms with Gasteiger partial charge in [-0.1, -0.05) is 35.9 Å². The minimum Gasteiger partial charge on any atom is -0.322 e. The average Bonchev–Trinajstić information content (AvgIpc) is 2.82. The first kappa shape index (κ1) is 24.9. The van der Waals surface area contributed by atoms with E-state index in [0.717, 1.165) is 43.9 Å². The third-order valence-corrected chi connectivity index (χ3v) is 7.63. The Labute approximate surface area is 207 Å². The minimum absolute atomic E-state index is 0.0395. The summed E-state index contributed by atoms with van der Waals surface area (Å²) >= 11 is 0. The Morgan fingerprint density at radius 3 is 2.31 bits per heavy atom. The number of sulfonamides is 1. The predicted octanol–water partition coefficient (Wildman–Crippen LogP) is 4.10. The fraction of sp³-hybridized carbons (Fsp3) is 0.296. The second kappa shape index (κ2) is 10.6. The van der Waals surface area contributed by atoms with Crippen LogP contribution in [0.5, 0.6) is 0 Å². The lowest BCUT2D eigenvalue weighted by Gasteiger charge is -2.32. The highest BCUT2D eigenvalue weighted by Gasteiger charge is 2.19. The van der Waals surface area contributed by atoms with Gasteiger partial charge in [-0.2, -0.15) is 0 Å². The van der Waals surface area contributed by atoms with Crippen LogP contribution in [0.4, 0.5) is 11.4 Å². The first-order valence-corrected chi connectivity index (χ1v) is 13.2. The van der Waals surface area contributed by atoms with E-state index in [1.54, 1.807) is 25.1 Å². The Morgan fingerprint density at radius 1 is 0.886 bits per heavy atom. The van der Waals surface area contributed by atoms with E-state index in [9.17, 15) is 13.2 Å². The highest BCUT2D eigenvalue weighted by atomic mass is 32.2. The van der Waals surface area contributed by atoms with Crippen LogP contribution >= 0.6 is 0 Å². The van der Waals surface area contributed by atoms with E-state index in [2.05, 4.69) is 33.0 Å². The van der Waals surface area contributed by atoms with Gasteiger partial charge in [-0.15, -0.1) is 0 Å². The van der Waals surface area contributed by atoms with Crippen molar-refractivity contribution in [2.24, 2.45) is 0 Å². The monoisotopic (exact) mass is 492 g/mol. The van der Waals surface area contributed by atoms with Crippen LogP contribution in [0.3, 0.4) is 0 Å². The maximum atomic E-state index is 13.1. The van der Waals surface area contributed by atoms with Crippen LogP contribution in [0.25, 0.3) is 0 Å². The summed E-state index contributed by atoms with van der Waals surface area (Å²) in [7, 11) is -1.70.